The molecule has 4 nitrogen and oxygen atoms in total. The van der Waals surface area contributed by atoms with E-state index in [0.717, 1.165) is 12.1 Å². The van der Waals surface area contributed by atoms with Crippen LogP contribution >= 0.6 is 15.9 Å². The van der Waals surface area contributed by atoms with Gasteiger partial charge < -0.3 is 4.74 Å². The third-order valence-electron chi connectivity index (χ3n) is 1.97. The molecule has 0 N–H and O–H groups in total. The van der Waals surface area contributed by atoms with E-state index in [1.807, 2.05) is 0 Å². The number of hydrogen-bond donors (Lipinski definition) is 0. The molecule has 20 heavy (non-hydrogen) atoms. The molecule has 0 atom stereocenters. The summed E-state index contributed by atoms with van der Waals surface area (Å²) in [5, 5.41) is 10.4. The first kappa shape index (κ1) is 16.5. The molecule has 0 amide bonds. The monoisotopic (exact) mass is 367 g/mol. The number of alkyl halides is 6. The Bertz CT molecular complexity index is 501. The first-order chi connectivity index (χ1) is 8.93. The van der Waals surface area contributed by atoms with Gasteiger partial charge in [-0.15, -0.1) is 0 Å². The quantitative estimate of drug-likeness (QED) is 0.456. The number of ether oxygens (including phenoxy) is 1. The number of nitro benzene ring substituents is 1. The summed E-state index contributed by atoms with van der Waals surface area (Å²) in [4.78, 5) is 9.53. The molecule has 0 spiro atoms. The van der Waals surface area contributed by atoms with Gasteiger partial charge in [0.1, 0.15) is 5.75 Å². The second kappa shape index (κ2) is 5.46. The zero-order valence-electron chi connectivity index (χ0n) is 9.13. The largest absolute Gasteiger partial charge is 0.470 e. The molecule has 0 aromatic heterocycles. The fraction of sp³-hybridized carbons (Fsp3) is 0.333. The number of rotatable bonds is 3. The van der Waals surface area contributed by atoms with Gasteiger partial charge in [-0.2, -0.15) is 26.3 Å². The normalized spacial score (nSPS) is 12.6. The van der Waals surface area contributed by atoms with Crippen LogP contribution in [0.1, 0.15) is 0 Å². The molecule has 0 aliphatic rings. The van der Waals surface area contributed by atoms with Gasteiger partial charge in [-0.05, 0) is 22.0 Å². The summed E-state index contributed by atoms with van der Waals surface area (Å²) < 4.78 is 77.1. The highest BCUT2D eigenvalue weighted by Gasteiger charge is 2.59. The average molecular weight is 368 g/mol. The van der Waals surface area contributed by atoms with Gasteiger partial charge in [0.2, 0.25) is 0 Å². The van der Waals surface area contributed by atoms with Crippen LogP contribution < -0.4 is 4.74 Å². The summed E-state index contributed by atoms with van der Waals surface area (Å²) in [6.45, 7) is 0. The van der Waals surface area contributed by atoms with Crippen molar-refractivity contribution in [1.82, 2.24) is 0 Å². The van der Waals surface area contributed by atoms with Crippen molar-refractivity contribution in [2.24, 2.45) is 0 Å². The number of halogens is 7. The van der Waals surface area contributed by atoms with Crippen LogP contribution in [-0.4, -0.2) is 23.4 Å². The van der Waals surface area contributed by atoms with Crippen molar-refractivity contribution in [2.75, 3.05) is 0 Å². The number of benzene rings is 1. The molecule has 0 bridgehead atoms. The summed E-state index contributed by atoms with van der Waals surface area (Å²) in [7, 11) is 0. The second-order valence-corrected chi connectivity index (χ2v) is 4.31. The van der Waals surface area contributed by atoms with Crippen molar-refractivity contribution in [3.8, 4) is 5.75 Å². The molecule has 0 heterocycles. The molecule has 1 aromatic rings. The highest BCUT2D eigenvalue weighted by Crippen LogP contribution is 2.39. The second-order valence-electron chi connectivity index (χ2n) is 3.45. The van der Waals surface area contributed by atoms with Crippen LogP contribution in [0.4, 0.5) is 32.0 Å². The molecular formula is C9H4BrF6NO3. The maximum absolute atomic E-state index is 12.3. The number of non-ortho nitro benzene ring substituents is 1. The summed E-state index contributed by atoms with van der Waals surface area (Å²) in [6.07, 6.45) is -15.4. The van der Waals surface area contributed by atoms with E-state index in [1.54, 1.807) is 0 Å². The molecule has 0 fully saturated rings. The van der Waals surface area contributed by atoms with Crippen LogP contribution in [0.25, 0.3) is 0 Å². The molecule has 0 saturated heterocycles. The van der Waals surface area contributed by atoms with Crippen LogP contribution in [0, 0.1) is 10.1 Å². The van der Waals surface area contributed by atoms with E-state index in [0.29, 0.717) is 6.07 Å². The molecule has 1 aromatic carbocycles. The summed E-state index contributed by atoms with van der Waals surface area (Å²) in [5.41, 5.74) is -0.514. The lowest BCUT2D eigenvalue weighted by Crippen LogP contribution is -2.46. The SMILES string of the molecule is O=[N+]([O-])c1ccc(OC(C(F)(F)F)C(F)(F)F)c(Br)c1. The summed E-state index contributed by atoms with van der Waals surface area (Å²) in [6, 6.07) is 2.11. The van der Waals surface area contributed by atoms with Crippen molar-refractivity contribution < 1.29 is 36.0 Å². The molecule has 11 heteroatoms. The van der Waals surface area contributed by atoms with E-state index in [-0.39, 0.29) is 0 Å². The molecule has 0 unspecified atom stereocenters. The van der Waals surface area contributed by atoms with Crippen molar-refractivity contribution >= 4 is 21.6 Å². The van der Waals surface area contributed by atoms with Gasteiger partial charge in [0.25, 0.3) is 11.8 Å². The fourth-order valence-electron chi connectivity index (χ4n) is 1.15. The van der Waals surface area contributed by atoms with Gasteiger partial charge in [-0.1, -0.05) is 0 Å². The Morgan fingerprint density at radius 3 is 2.00 bits per heavy atom. The van der Waals surface area contributed by atoms with Gasteiger partial charge in [-0.25, -0.2) is 0 Å². The van der Waals surface area contributed by atoms with Gasteiger partial charge in [-0.3, -0.25) is 10.1 Å². The minimum Gasteiger partial charge on any atom is -0.470 e. The standard InChI is InChI=1S/C9H4BrF6NO3/c10-5-3-4(17(18)19)1-2-6(5)20-7(8(11,12)13)9(14,15)16/h1-3,7H. The Balaban J connectivity index is 3.10. The van der Waals surface area contributed by atoms with E-state index >= 15 is 0 Å². The van der Waals surface area contributed by atoms with Crippen molar-refractivity contribution in [1.29, 1.82) is 0 Å². The first-order valence-electron chi connectivity index (χ1n) is 4.67. The van der Waals surface area contributed by atoms with Crippen LogP contribution in [0.2, 0.25) is 0 Å². The maximum Gasteiger partial charge on any atom is 0.434 e. The Morgan fingerprint density at radius 1 is 1.15 bits per heavy atom. The van der Waals surface area contributed by atoms with Crippen LogP contribution in [-0.2, 0) is 0 Å². The van der Waals surface area contributed by atoms with Crippen LogP contribution in [0.3, 0.4) is 0 Å². The van der Waals surface area contributed by atoms with Gasteiger partial charge in [0, 0.05) is 12.1 Å². The lowest BCUT2D eigenvalue weighted by molar-refractivity contribution is -0.385. The van der Waals surface area contributed by atoms with E-state index < -0.39 is 39.3 Å². The molecule has 0 saturated carbocycles. The third-order valence-corrected chi connectivity index (χ3v) is 2.59. The molecule has 1 rings (SSSR count). The highest BCUT2D eigenvalue weighted by atomic mass is 79.9. The third kappa shape index (κ3) is 3.99. The van der Waals surface area contributed by atoms with Crippen molar-refractivity contribution in [3.63, 3.8) is 0 Å². The zero-order valence-corrected chi connectivity index (χ0v) is 10.7. The minimum atomic E-state index is -5.67. The van der Waals surface area contributed by atoms with Crippen molar-refractivity contribution in [3.05, 3.63) is 32.8 Å². The number of nitrogens with zero attached hydrogens (tertiary/aromatic N) is 1. The summed E-state index contributed by atoms with van der Waals surface area (Å²) in [5.74, 6) is -0.810. The van der Waals surface area contributed by atoms with E-state index in [1.165, 1.54) is 0 Å². The zero-order chi connectivity index (χ0) is 15.7. The fourth-order valence-corrected chi connectivity index (χ4v) is 1.61. The van der Waals surface area contributed by atoms with Gasteiger partial charge in [0.05, 0.1) is 9.40 Å². The van der Waals surface area contributed by atoms with Crippen molar-refractivity contribution in [2.45, 2.75) is 18.5 Å². The smallest absolute Gasteiger partial charge is 0.434 e. The molecule has 112 valence electrons. The summed E-state index contributed by atoms with van der Waals surface area (Å²) >= 11 is 2.61. The molecule has 0 aliphatic carbocycles. The van der Waals surface area contributed by atoms with E-state index in [9.17, 15) is 36.5 Å². The van der Waals surface area contributed by atoms with E-state index in [2.05, 4.69) is 20.7 Å². The Hall–Kier alpha value is -1.52. The predicted octanol–water partition coefficient (Wildman–Crippen LogP) is 4.23. The topological polar surface area (TPSA) is 52.4 Å². The average Bonchev–Trinajstić information content (AvgIpc) is 2.23. The number of hydrogen-bond acceptors (Lipinski definition) is 3. The Morgan fingerprint density at radius 2 is 1.65 bits per heavy atom. The predicted molar refractivity (Wildman–Crippen MR) is 57.3 cm³/mol. The Kier molecular flexibility index (Phi) is 4.52. The van der Waals surface area contributed by atoms with Crippen LogP contribution in [0.5, 0.6) is 5.75 Å². The number of nitro groups is 1. The van der Waals surface area contributed by atoms with Gasteiger partial charge in [0.15, 0.2) is 0 Å². The first-order valence-corrected chi connectivity index (χ1v) is 5.46. The minimum absolute atomic E-state index is 0.398. The lowest BCUT2D eigenvalue weighted by Gasteiger charge is -2.24. The van der Waals surface area contributed by atoms with Crippen LogP contribution in [0.15, 0.2) is 22.7 Å². The lowest BCUT2D eigenvalue weighted by atomic mass is 10.3. The molecular weight excluding hydrogens is 364 g/mol. The Labute approximate surface area is 115 Å². The maximum atomic E-state index is 12.3. The van der Waals surface area contributed by atoms with Gasteiger partial charge >= 0.3 is 12.4 Å². The molecule has 0 radical (unpaired) electrons. The van der Waals surface area contributed by atoms with E-state index in [4.69, 9.17) is 0 Å². The molecule has 0 aliphatic heterocycles. The highest BCUT2D eigenvalue weighted by molar-refractivity contribution is 9.10.